The summed E-state index contributed by atoms with van der Waals surface area (Å²) in [6.07, 6.45) is 0. The molecule has 3 aromatic rings. The van der Waals surface area contributed by atoms with Crippen LogP contribution in [0.15, 0.2) is 39.5 Å². The minimum absolute atomic E-state index is 0.308. The van der Waals surface area contributed by atoms with Gasteiger partial charge in [-0.25, -0.2) is 9.59 Å². The predicted molar refractivity (Wildman–Crippen MR) is 73.8 cm³/mol. The molecular formula is C14H10O4S. The van der Waals surface area contributed by atoms with E-state index in [1.165, 1.54) is 17.4 Å². The Labute approximate surface area is 112 Å². The second kappa shape index (κ2) is 4.51. The van der Waals surface area contributed by atoms with Crippen molar-refractivity contribution in [3.63, 3.8) is 0 Å². The van der Waals surface area contributed by atoms with E-state index < -0.39 is 11.6 Å². The van der Waals surface area contributed by atoms with Gasteiger partial charge in [-0.3, -0.25) is 0 Å². The number of para-hydroxylation sites is 1. The molecule has 0 atom stereocenters. The molecule has 19 heavy (non-hydrogen) atoms. The Bertz CT molecular complexity index is 828. The van der Waals surface area contributed by atoms with Crippen LogP contribution in [0.4, 0.5) is 0 Å². The van der Waals surface area contributed by atoms with Crippen LogP contribution in [-0.4, -0.2) is 12.6 Å². The highest BCUT2D eigenvalue weighted by Gasteiger charge is 2.16. The second-order valence-corrected chi connectivity index (χ2v) is 5.01. The van der Waals surface area contributed by atoms with E-state index in [-0.39, 0.29) is 0 Å². The third-order valence-corrected chi connectivity index (χ3v) is 3.91. The van der Waals surface area contributed by atoms with E-state index in [2.05, 4.69) is 0 Å². The summed E-state index contributed by atoms with van der Waals surface area (Å²) in [4.78, 5) is 24.0. The number of rotatable bonds is 2. The number of thiophene rings is 1. The Morgan fingerprint density at radius 1 is 1.32 bits per heavy atom. The molecule has 0 unspecified atom stereocenters. The number of benzene rings is 1. The van der Waals surface area contributed by atoms with Crippen LogP contribution in [-0.2, 0) is 4.74 Å². The molecule has 0 aliphatic heterocycles. The van der Waals surface area contributed by atoms with Crippen molar-refractivity contribution in [1.29, 1.82) is 0 Å². The fourth-order valence-electron chi connectivity index (χ4n) is 1.94. The Hall–Kier alpha value is -2.14. The molecule has 0 N–H and O–H groups in total. The first kappa shape index (κ1) is 11.9. The number of fused-ring (bicyclic) bond motifs is 3. The zero-order chi connectivity index (χ0) is 13.4. The lowest BCUT2D eigenvalue weighted by Gasteiger charge is -1.96. The summed E-state index contributed by atoms with van der Waals surface area (Å²) in [6.45, 7) is 2.05. The van der Waals surface area contributed by atoms with Crippen molar-refractivity contribution in [3.05, 3.63) is 45.6 Å². The number of carbonyl (C=O) groups excluding carboxylic acids is 1. The Morgan fingerprint density at radius 2 is 2.11 bits per heavy atom. The van der Waals surface area contributed by atoms with Crippen molar-refractivity contribution in [2.75, 3.05) is 6.61 Å². The first-order chi connectivity index (χ1) is 9.20. The summed E-state index contributed by atoms with van der Waals surface area (Å²) >= 11 is 1.25. The first-order valence-electron chi connectivity index (χ1n) is 5.83. The third-order valence-electron chi connectivity index (χ3n) is 2.76. The molecule has 2 aromatic heterocycles. The molecule has 0 spiro atoms. The standard InChI is InChI=1S/C14H10O4S/c1-2-17-14(16)11-7-9-12(19-11)8-5-3-4-6-10(8)18-13(9)15/h3-7H,2H2,1H3. The van der Waals surface area contributed by atoms with E-state index in [4.69, 9.17) is 9.15 Å². The van der Waals surface area contributed by atoms with Crippen LogP contribution in [0.2, 0.25) is 0 Å². The van der Waals surface area contributed by atoms with Gasteiger partial charge in [0.05, 0.1) is 16.7 Å². The molecule has 1 aromatic carbocycles. The molecule has 4 nitrogen and oxygen atoms in total. The maximum Gasteiger partial charge on any atom is 0.348 e. The van der Waals surface area contributed by atoms with Crippen molar-refractivity contribution >= 4 is 38.4 Å². The summed E-state index contributed by atoms with van der Waals surface area (Å²) in [7, 11) is 0. The Morgan fingerprint density at radius 3 is 2.89 bits per heavy atom. The van der Waals surface area contributed by atoms with E-state index >= 15 is 0 Å². The van der Waals surface area contributed by atoms with Crippen molar-refractivity contribution < 1.29 is 13.9 Å². The largest absolute Gasteiger partial charge is 0.462 e. The zero-order valence-electron chi connectivity index (χ0n) is 10.1. The molecule has 5 heteroatoms. The Kier molecular flexibility index (Phi) is 2.83. The molecular weight excluding hydrogens is 264 g/mol. The van der Waals surface area contributed by atoms with Crippen molar-refractivity contribution in [3.8, 4) is 0 Å². The van der Waals surface area contributed by atoms with E-state index in [1.54, 1.807) is 19.1 Å². The SMILES string of the molecule is CCOC(=O)c1cc2c(=O)oc3ccccc3c2s1. The van der Waals surface area contributed by atoms with Crippen molar-refractivity contribution in [2.45, 2.75) is 6.92 Å². The highest BCUT2D eigenvalue weighted by molar-refractivity contribution is 7.21. The molecule has 0 amide bonds. The smallest absolute Gasteiger partial charge is 0.348 e. The zero-order valence-corrected chi connectivity index (χ0v) is 11.0. The minimum Gasteiger partial charge on any atom is -0.462 e. The third kappa shape index (κ3) is 1.92. The topological polar surface area (TPSA) is 56.5 Å². The Balaban J connectivity index is 2.32. The minimum atomic E-state index is -0.430. The van der Waals surface area contributed by atoms with Gasteiger partial charge in [-0.15, -0.1) is 11.3 Å². The summed E-state index contributed by atoms with van der Waals surface area (Å²) in [5.41, 5.74) is 0.0951. The van der Waals surface area contributed by atoms with Crippen LogP contribution >= 0.6 is 11.3 Å². The fourth-order valence-corrected chi connectivity index (χ4v) is 3.01. The molecule has 96 valence electrons. The monoisotopic (exact) mass is 274 g/mol. The highest BCUT2D eigenvalue weighted by Crippen LogP contribution is 2.30. The molecule has 0 saturated heterocycles. The molecule has 0 aliphatic rings. The molecule has 3 rings (SSSR count). The highest BCUT2D eigenvalue weighted by atomic mass is 32.1. The van der Waals surface area contributed by atoms with Crippen LogP contribution in [0.5, 0.6) is 0 Å². The number of esters is 1. The summed E-state index contributed by atoms with van der Waals surface area (Å²) < 4.78 is 10.9. The number of carbonyl (C=O) groups is 1. The van der Waals surface area contributed by atoms with E-state index in [1.807, 2.05) is 12.1 Å². The van der Waals surface area contributed by atoms with Crippen LogP contribution in [0, 0.1) is 0 Å². The van der Waals surface area contributed by atoms with Gasteiger partial charge in [-0.05, 0) is 25.1 Å². The van der Waals surface area contributed by atoms with Crippen molar-refractivity contribution in [1.82, 2.24) is 0 Å². The number of ether oxygens (including phenoxy) is 1. The van der Waals surface area contributed by atoms with Gasteiger partial charge in [0, 0.05) is 5.39 Å². The average molecular weight is 274 g/mol. The van der Waals surface area contributed by atoms with E-state index in [9.17, 15) is 9.59 Å². The van der Waals surface area contributed by atoms with Crippen LogP contribution in [0.3, 0.4) is 0 Å². The lowest BCUT2D eigenvalue weighted by Crippen LogP contribution is -2.02. The summed E-state index contributed by atoms with van der Waals surface area (Å²) in [5, 5.41) is 1.25. The van der Waals surface area contributed by atoms with Crippen LogP contribution < -0.4 is 5.63 Å². The normalized spacial score (nSPS) is 11.0. The molecule has 0 radical (unpaired) electrons. The van der Waals surface area contributed by atoms with Crippen LogP contribution in [0.1, 0.15) is 16.6 Å². The molecule has 0 fully saturated rings. The fraction of sp³-hybridized carbons (Fsp3) is 0.143. The molecule has 0 aliphatic carbocycles. The molecule has 0 bridgehead atoms. The average Bonchev–Trinajstić information content (AvgIpc) is 2.85. The molecule has 2 heterocycles. The van der Waals surface area contributed by atoms with Gasteiger partial charge >= 0.3 is 11.6 Å². The van der Waals surface area contributed by atoms with Gasteiger partial charge in [0.1, 0.15) is 10.5 Å². The lowest BCUT2D eigenvalue weighted by molar-refractivity contribution is 0.0532. The van der Waals surface area contributed by atoms with Gasteiger partial charge in [-0.2, -0.15) is 0 Å². The maximum atomic E-state index is 11.9. The summed E-state index contributed by atoms with van der Waals surface area (Å²) in [6, 6.07) is 8.81. The van der Waals surface area contributed by atoms with Crippen molar-refractivity contribution in [2.24, 2.45) is 0 Å². The second-order valence-electron chi connectivity index (χ2n) is 3.96. The van der Waals surface area contributed by atoms with E-state index in [0.717, 1.165) is 10.1 Å². The van der Waals surface area contributed by atoms with E-state index in [0.29, 0.717) is 22.5 Å². The number of hydrogen-bond donors (Lipinski definition) is 0. The van der Waals surface area contributed by atoms with Crippen LogP contribution in [0.25, 0.3) is 21.1 Å². The van der Waals surface area contributed by atoms with Gasteiger partial charge in [-0.1, -0.05) is 12.1 Å². The predicted octanol–water partition coefficient (Wildman–Crippen LogP) is 3.18. The summed E-state index contributed by atoms with van der Waals surface area (Å²) in [5.74, 6) is -0.410. The van der Waals surface area contributed by atoms with Gasteiger partial charge in [0.15, 0.2) is 0 Å². The van der Waals surface area contributed by atoms with Gasteiger partial charge in [0.25, 0.3) is 0 Å². The number of hydrogen-bond acceptors (Lipinski definition) is 5. The lowest BCUT2D eigenvalue weighted by atomic mass is 10.2. The molecule has 0 saturated carbocycles. The first-order valence-corrected chi connectivity index (χ1v) is 6.65. The maximum absolute atomic E-state index is 11.9. The van der Waals surface area contributed by atoms with Gasteiger partial charge in [0.2, 0.25) is 0 Å². The quantitative estimate of drug-likeness (QED) is 0.532. The van der Waals surface area contributed by atoms with Gasteiger partial charge < -0.3 is 9.15 Å².